The number of hydrogen-bond acceptors (Lipinski definition) is 5. The molecule has 1 aliphatic heterocycles. The van der Waals surface area contributed by atoms with Gasteiger partial charge >= 0.3 is 5.97 Å². The highest BCUT2D eigenvalue weighted by Gasteiger charge is 2.41. The molecule has 2 aliphatic rings. The van der Waals surface area contributed by atoms with Crippen LogP contribution < -0.4 is 0 Å². The number of methoxy groups -OCH3 is 1. The molecule has 3 rings (SSSR count). The van der Waals surface area contributed by atoms with Gasteiger partial charge in [0.15, 0.2) is 5.79 Å². The fourth-order valence-electron chi connectivity index (χ4n) is 2.90. The van der Waals surface area contributed by atoms with Gasteiger partial charge < -0.3 is 14.2 Å². The van der Waals surface area contributed by atoms with Gasteiger partial charge in [0.2, 0.25) is 0 Å². The molecule has 110 valence electrons. The third-order valence-electron chi connectivity index (χ3n) is 4.05. The zero-order valence-electron chi connectivity index (χ0n) is 11.9. The molecule has 0 amide bonds. The molecule has 0 radical (unpaired) electrons. The first-order valence-corrected chi connectivity index (χ1v) is 7.03. The number of carbonyl (C=O) groups excluding carboxylic acids is 1. The summed E-state index contributed by atoms with van der Waals surface area (Å²) in [6.45, 7) is 3.30. The fourth-order valence-corrected chi connectivity index (χ4v) is 2.90. The van der Waals surface area contributed by atoms with E-state index in [1.807, 2.05) is 17.8 Å². The van der Waals surface area contributed by atoms with Crippen LogP contribution in [0.5, 0.6) is 0 Å². The topological polar surface area (TPSA) is 62.6 Å². The molecule has 20 heavy (non-hydrogen) atoms. The first-order valence-electron chi connectivity index (χ1n) is 7.03. The summed E-state index contributed by atoms with van der Waals surface area (Å²) >= 11 is 0. The lowest BCUT2D eigenvalue weighted by Gasteiger charge is -2.30. The molecular weight excluding hydrogens is 260 g/mol. The average Bonchev–Trinajstić information content (AvgIpc) is 3.05. The maximum absolute atomic E-state index is 11.3. The standard InChI is InChI=1S/C14H20N2O4/c1-10(7-13(17)18-2)16-9-11-8-14(19-5-6-20-14)4-3-12(11)15-16/h9-10H,3-8H2,1-2H3. The Balaban J connectivity index is 1.74. The predicted octanol–water partition coefficient (Wildman–Crippen LogP) is 1.24. The summed E-state index contributed by atoms with van der Waals surface area (Å²) in [6, 6.07) is -0.00517. The van der Waals surface area contributed by atoms with Gasteiger partial charge in [-0.05, 0) is 18.9 Å². The van der Waals surface area contributed by atoms with Crippen LogP contribution in [0.25, 0.3) is 0 Å². The summed E-state index contributed by atoms with van der Waals surface area (Å²) < 4.78 is 18.1. The summed E-state index contributed by atoms with van der Waals surface area (Å²) in [6.07, 6.45) is 4.78. The smallest absolute Gasteiger partial charge is 0.307 e. The van der Waals surface area contributed by atoms with Gasteiger partial charge in [-0.25, -0.2) is 0 Å². The largest absolute Gasteiger partial charge is 0.469 e. The van der Waals surface area contributed by atoms with E-state index in [1.54, 1.807) is 0 Å². The minimum Gasteiger partial charge on any atom is -0.469 e. The van der Waals surface area contributed by atoms with Crippen molar-refractivity contribution >= 4 is 5.97 Å². The van der Waals surface area contributed by atoms with E-state index in [1.165, 1.54) is 7.11 Å². The SMILES string of the molecule is COC(=O)CC(C)n1cc2c(n1)CCC1(C2)OCCO1. The second kappa shape index (κ2) is 5.18. The Labute approximate surface area is 118 Å². The van der Waals surface area contributed by atoms with Gasteiger partial charge in [0.1, 0.15) is 0 Å². The molecule has 1 aromatic rings. The summed E-state index contributed by atoms with van der Waals surface area (Å²) in [5.74, 6) is -0.656. The molecule has 6 heteroatoms. The van der Waals surface area contributed by atoms with Crippen LogP contribution in [-0.2, 0) is 31.8 Å². The van der Waals surface area contributed by atoms with Gasteiger partial charge in [0, 0.05) is 19.0 Å². The second-order valence-electron chi connectivity index (χ2n) is 5.49. The van der Waals surface area contributed by atoms with Crippen molar-refractivity contribution in [2.24, 2.45) is 0 Å². The van der Waals surface area contributed by atoms with Gasteiger partial charge in [-0.3, -0.25) is 9.48 Å². The molecule has 0 bridgehead atoms. The number of rotatable bonds is 3. The molecule has 1 spiro atoms. The van der Waals surface area contributed by atoms with E-state index in [9.17, 15) is 4.79 Å². The average molecular weight is 280 g/mol. The first-order chi connectivity index (χ1) is 9.62. The Kier molecular flexibility index (Phi) is 3.52. The Morgan fingerprint density at radius 2 is 2.30 bits per heavy atom. The Hall–Kier alpha value is -1.40. The van der Waals surface area contributed by atoms with Crippen molar-refractivity contribution in [3.8, 4) is 0 Å². The molecule has 1 fully saturated rings. The van der Waals surface area contributed by atoms with Crippen LogP contribution in [0.3, 0.4) is 0 Å². The fraction of sp³-hybridized carbons (Fsp3) is 0.714. The second-order valence-corrected chi connectivity index (χ2v) is 5.49. The number of hydrogen-bond donors (Lipinski definition) is 0. The summed E-state index contributed by atoms with van der Waals surface area (Å²) in [5, 5.41) is 4.59. The molecule has 1 unspecified atom stereocenters. The van der Waals surface area contributed by atoms with E-state index in [2.05, 4.69) is 5.10 Å². The van der Waals surface area contributed by atoms with E-state index in [-0.39, 0.29) is 12.0 Å². The number of aromatic nitrogens is 2. The van der Waals surface area contributed by atoms with Crippen molar-refractivity contribution in [1.82, 2.24) is 9.78 Å². The number of carbonyl (C=O) groups is 1. The highest BCUT2D eigenvalue weighted by molar-refractivity contribution is 5.69. The number of nitrogens with zero attached hydrogens (tertiary/aromatic N) is 2. The van der Waals surface area contributed by atoms with Gasteiger partial charge in [0.05, 0.1) is 38.5 Å². The maximum atomic E-state index is 11.3. The molecule has 1 saturated heterocycles. The molecule has 1 aliphatic carbocycles. The van der Waals surface area contributed by atoms with E-state index in [0.29, 0.717) is 19.6 Å². The Bertz CT molecular complexity index is 505. The van der Waals surface area contributed by atoms with Crippen LogP contribution in [0.1, 0.15) is 37.1 Å². The van der Waals surface area contributed by atoms with E-state index in [4.69, 9.17) is 14.2 Å². The lowest BCUT2D eigenvalue weighted by atomic mass is 9.92. The molecular formula is C14H20N2O4. The van der Waals surface area contributed by atoms with Crippen molar-refractivity contribution in [1.29, 1.82) is 0 Å². The molecule has 0 aromatic carbocycles. The molecule has 2 heterocycles. The van der Waals surface area contributed by atoms with Crippen LogP contribution in [0, 0.1) is 0 Å². The van der Waals surface area contributed by atoms with Crippen LogP contribution in [0.4, 0.5) is 0 Å². The van der Waals surface area contributed by atoms with Crippen LogP contribution in [0.15, 0.2) is 6.20 Å². The van der Waals surface area contributed by atoms with E-state index < -0.39 is 5.79 Å². The lowest BCUT2D eigenvalue weighted by Crippen LogP contribution is -2.36. The Morgan fingerprint density at radius 3 is 3.00 bits per heavy atom. The van der Waals surface area contributed by atoms with Gasteiger partial charge in [-0.15, -0.1) is 0 Å². The summed E-state index contributed by atoms with van der Waals surface area (Å²) in [4.78, 5) is 11.3. The third-order valence-corrected chi connectivity index (χ3v) is 4.05. The molecule has 1 aromatic heterocycles. The van der Waals surface area contributed by atoms with Crippen LogP contribution in [-0.4, -0.2) is 41.9 Å². The van der Waals surface area contributed by atoms with Crippen LogP contribution >= 0.6 is 0 Å². The number of ether oxygens (including phenoxy) is 3. The van der Waals surface area contributed by atoms with Crippen molar-refractivity contribution in [3.05, 3.63) is 17.5 Å². The minimum atomic E-state index is -0.438. The molecule has 0 N–H and O–H groups in total. The van der Waals surface area contributed by atoms with Crippen LogP contribution in [0.2, 0.25) is 0 Å². The number of aryl methyl sites for hydroxylation is 1. The molecule has 6 nitrogen and oxygen atoms in total. The van der Waals surface area contributed by atoms with E-state index in [0.717, 1.165) is 30.5 Å². The first kappa shape index (κ1) is 13.6. The van der Waals surface area contributed by atoms with Gasteiger partial charge in [-0.1, -0.05) is 0 Å². The number of fused-ring (bicyclic) bond motifs is 1. The zero-order chi connectivity index (χ0) is 14.2. The Morgan fingerprint density at radius 1 is 1.55 bits per heavy atom. The number of esters is 1. The van der Waals surface area contributed by atoms with Crippen molar-refractivity contribution in [3.63, 3.8) is 0 Å². The minimum absolute atomic E-state index is 0.00517. The molecule has 1 atom stereocenters. The summed E-state index contributed by atoms with van der Waals surface area (Å²) in [5.41, 5.74) is 2.25. The monoisotopic (exact) mass is 280 g/mol. The molecule has 0 saturated carbocycles. The maximum Gasteiger partial charge on any atom is 0.307 e. The highest BCUT2D eigenvalue weighted by Crippen LogP contribution is 2.35. The highest BCUT2D eigenvalue weighted by atomic mass is 16.7. The lowest BCUT2D eigenvalue weighted by molar-refractivity contribution is -0.163. The van der Waals surface area contributed by atoms with Crippen molar-refractivity contribution in [2.45, 2.75) is 44.4 Å². The van der Waals surface area contributed by atoms with Crippen molar-refractivity contribution < 1.29 is 19.0 Å². The predicted molar refractivity (Wildman–Crippen MR) is 70.2 cm³/mol. The van der Waals surface area contributed by atoms with Gasteiger partial charge in [0.25, 0.3) is 0 Å². The zero-order valence-corrected chi connectivity index (χ0v) is 11.9. The normalized spacial score (nSPS) is 21.7. The third kappa shape index (κ3) is 2.45. The van der Waals surface area contributed by atoms with E-state index >= 15 is 0 Å². The van der Waals surface area contributed by atoms with Crippen molar-refractivity contribution in [2.75, 3.05) is 20.3 Å². The van der Waals surface area contributed by atoms with Gasteiger partial charge in [-0.2, -0.15) is 5.10 Å². The summed E-state index contributed by atoms with van der Waals surface area (Å²) in [7, 11) is 1.40. The quantitative estimate of drug-likeness (QED) is 0.779.